The summed E-state index contributed by atoms with van der Waals surface area (Å²) < 4.78 is 0. The normalized spacial score (nSPS) is 11.8. The van der Waals surface area contributed by atoms with Crippen LogP contribution in [0.25, 0.3) is 0 Å². The molecule has 0 saturated heterocycles. The quantitative estimate of drug-likeness (QED) is 0.819. The van der Waals surface area contributed by atoms with Crippen molar-refractivity contribution >= 4 is 23.2 Å². The van der Waals surface area contributed by atoms with Gasteiger partial charge in [-0.1, -0.05) is 35.3 Å². The Balaban J connectivity index is 2.47. The second-order valence-corrected chi connectivity index (χ2v) is 4.33. The topological polar surface area (TPSA) is 36.7 Å². The Morgan fingerprint density at radius 1 is 1.18 bits per heavy atom. The summed E-state index contributed by atoms with van der Waals surface area (Å²) in [5.74, 6) is -0.471. The summed E-state index contributed by atoms with van der Waals surface area (Å²) in [5.41, 5.74) is 1.40. The highest BCUT2D eigenvalue weighted by molar-refractivity contribution is 6.35. The standard InChI is InChI=1S/C13H8Cl2N2/c14-9-4-5-10(12(15)7-9)11(8-16)13-3-1-2-6-17-13/h1-7,11H. The Hall–Kier alpha value is -1.56. The third-order valence-electron chi connectivity index (χ3n) is 2.39. The van der Waals surface area contributed by atoms with Crippen LogP contribution in [-0.4, -0.2) is 4.98 Å². The third kappa shape index (κ3) is 2.58. The number of nitrogens with zero attached hydrogens (tertiary/aromatic N) is 2. The maximum Gasteiger partial charge on any atom is 0.115 e. The maximum atomic E-state index is 9.25. The second kappa shape index (κ2) is 5.18. The summed E-state index contributed by atoms with van der Waals surface area (Å²) in [6.45, 7) is 0. The molecule has 0 aliphatic carbocycles. The van der Waals surface area contributed by atoms with E-state index < -0.39 is 5.92 Å². The highest BCUT2D eigenvalue weighted by Crippen LogP contribution is 2.30. The van der Waals surface area contributed by atoms with Gasteiger partial charge in [0.05, 0.1) is 11.8 Å². The first-order chi connectivity index (χ1) is 8.22. The van der Waals surface area contributed by atoms with Gasteiger partial charge in [0.1, 0.15) is 5.92 Å². The highest BCUT2D eigenvalue weighted by Gasteiger charge is 2.17. The SMILES string of the molecule is N#CC(c1ccccn1)c1ccc(Cl)cc1Cl. The zero-order valence-electron chi connectivity index (χ0n) is 8.77. The number of pyridine rings is 1. The lowest BCUT2D eigenvalue weighted by Gasteiger charge is -2.10. The lowest BCUT2D eigenvalue weighted by atomic mass is 9.97. The van der Waals surface area contributed by atoms with E-state index in [2.05, 4.69) is 11.1 Å². The Morgan fingerprint density at radius 3 is 2.59 bits per heavy atom. The summed E-state index contributed by atoms with van der Waals surface area (Å²) in [6.07, 6.45) is 1.66. The molecule has 4 heteroatoms. The predicted molar refractivity (Wildman–Crippen MR) is 68.2 cm³/mol. The van der Waals surface area contributed by atoms with Gasteiger partial charge in [-0.15, -0.1) is 0 Å². The minimum Gasteiger partial charge on any atom is -0.260 e. The van der Waals surface area contributed by atoms with E-state index >= 15 is 0 Å². The summed E-state index contributed by atoms with van der Waals surface area (Å²) in [6, 6.07) is 12.8. The summed E-state index contributed by atoms with van der Waals surface area (Å²) in [7, 11) is 0. The van der Waals surface area contributed by atoms with Gasteiger partial charge in [0.25, 0.3) is 0 Å². The van der Waals surface area contributed by atoms with E-state index in [0.717, 1.165) is 5.56 Å². The van der Waals surface area contributed by atoms with Crippen molar-refractivity contribution in [2.75, 3.05) is 0 Å². The first-order valence-electron chi connectivity index (χ1n) is 4.98. The number of rotatable bonds is 2. The third-order valence-corrected chi connectivity index (χ3v) is 2.95. The molecule has 1 heterocycles. The molecule has 0 aliphatic heterocycles. The van der Waals surface area contributed by atoms with E-state index in [1.165, 1.54) is 0 Å². The zero-order valence-corrected chi connectivity index (χ0v) is 10.3. The van der Waals surface area contributed by atoms with Crippen LogP contribution < -0.4 is 0 Å². The highest BCUT2D eigenvalue weighted by atomic mass is 35.5. The number of nitriles is 1. The fourth-order valence-electron chi connectivity index (χ4n) is 1.58. The van der Waals surface area contributed by atoms with Crippen LogP contribution >= 0.6 is 23.2 Å². The Labute approximate surface area is 109 Å². The van der Waals surface area contributed by atoms with Gasteiger partial charge in [0.2, 0.25) is 0 Å². The first kappa shape index (κ1) is 11.9. The number of benzene rings is 1. The molecule has 0 saturated carbocycles. The Morgan fingerprint density at radius 2 is 2.00 bits per heavy atom. The van der Waals surface area contributed by atoms with Crippen LogP contribution in [0.15, 0.2) is 42.6 Å². The average Bonchev–Trinajstić information content (AvgIpc) is 2.34. The fourth-order valence-corrected chi connectivity index (χ4v) is 2.09. The van der Waals surface area contributed by atoms with Gasteiger partial charge >= 0.3 is 0 Å². The molecule has 17 heavy (non-hydrogen) atoms. The molecule has 0 spiro atoms. The second-order valence-electron chi connectivity index (χ2n) is 3.48. The van der Waals surface area contributed by atoms with Crippen LogP contribution in [0.5, 0.6) is 0 Å². The van der Waals surface area contributed by atoms with Crippen molar-refractivity contribution in [1.29, 1.82) is 5.26 Å². The maximum absolute atomic E-state index is 9.25. The molecule has 2 rings (SSSR count). The van der Waals surface area contributed by atoms with Crippen molar-refractivity contribution in [2.45, 2.75) is 5.92 Å². The lowest BCUT2D eigenvalue weighted by molar-refractivity contribution is 0.966. The number of aromatic nitrogens is 1. The van der Waals surface area contributed by atoms with Crippen molar-refractivity contribution in [3.05, 3.63) is 63.9 Å². The predicted octanol–water partition coefficient (Wildman–Crippen LogP) is 4.04. The van der Waals surface area contributed by atoms with Crippen molar-refractivity contribution in [3.8, 4) is 6.07 Å². The van der Waals surface area contributed by atoms with Crippen molar-refractivity contribution in [2.24, 2.45) is 0 Å². The monoisotopic (exact) mass is 262 g/mol. The van der Waals surface area contributed by atoms with Crippen LogP contribution in [0.4, 0.5) is 0 Å². The van der Waals surface area contributed by atoms with Gasteiger partial charge in [0, 0.05) is 16.2 Å². The van der Waals surface area contributed by atoms with Crippen LogP contribution in [0.2, 0.25) is 10.0 Å². The molecule has 2 aromatic rings. The zero-order chi connectivity index (χ0) is 12.3. The first-order valence-corrected chi connectivity index (χ1v) is 5.73. The Bertz CT molecular complexity index is 561. The molecule has 1 aromatic heterocycles. The smallest absolute Gasteiger partial charge is 0.115 e. The van der Waals surface area contributed by atoms with Crippen molar-refractivity contribution in [3.63, 3.8) is 0 Å². The molecule has 1 atom stereocenters. The summed E-state index contributed by atoms with van der Waals surface area (Å²) in [5, 5.41) is 10.3. The largest absolute Gasteiger partial charge is 0.260 e. The Kier molecular flexibility index (Phi) is 3.63. The molecule has 0 aliphatic rings. The molecule has 0 bridgehead atoms. The van der Waals surface area contributed by atoms with Gasteiger partial charge in [-0.05, 0) is 29.8 Å². The van der Waals surface area contributed by atoms with E-state index in [1.807, 2.05) is 6.07 Å². The molecule has 84 valence electrons. The fraction of sp³-hybridized carbons (Fsp3) is 0.0769. The van der Waals surface area contributed by atoms with Gasteiger partial charge in [-0.3, -0.25) is 4.98 Å². The van der Waals surface area contributed by atoms with E-state index in [1.54, 1.807) is 36.5 Å². The summed E-state index contributed by atoms with van der Waals surface area (Å²) in [4.78, 5) is 4.18. The van der Waals surface area contributed by atoms with E-state index in [4.69, 9.17) is 23.2 Å². The van der Waals surface area contributed by atoms with Gasteiger partial charge in [0.15, 0.2) is 0 Å². The van der Waals surface area contributed by atoms with Crippen LogP contribution in [0.1, 0.15) is 17.2 Å². The van der Waals surface area contributed by atoms with E-state index in [0.29, 0.717) is 15.7 Å². The number of hydrogen-bond donors (Lipinski definition) is 0. The van der Waals surface area contributed by atoms with Gasteiger partial charge < -0.3 is 0 Å². The molecular formula is C13H8Cl2N2. The van der Waals surface area contributed by atoms with E-state index in [9.17, 15) is 5.26 Å². The van der Waals surface area contributed by atoms with Crippen LogP contribution in [-0.2, 0) is 0 Å². The number of halogens is 2. The molecule has 1 unspecified atom stereocenters. The molecular weight excluding hydrogens is 255 g/mol. The lowest BCUT2D eigenvalue weighted by Crippen LogP contribution is -2.01. The molecule has 0 N–H and O–H groups in total. The minimum absolute atomic E-state index is 0.471. The number of hydrogen-bond acceptors (Lipinski definition) is 2. The van der Waals surface area contributed by atoms with Crippen molar-refractivity contribution in [1.82, 2.24) is 4.98 Å². The van der Waals surface area contributed by atoms with Gasteiger partial charge in [-0.25, -0.2) is 0 Å². The summed E-state index contributed by atoms with van der Waals surface area (Å²) >= 11 is 11.9. The molecule has 2 nitrogen and oxygen atoms in total. The van der Waals surface area contributed by atoms with Gasteiger partial charge in [-0.2, -0.15) is 5.26 Å². The molecule has 0 fully saturated rings. The van der Waals surface area contributed by atoms with Crippen molar-refractivity contribution < 1.29 is 0 Å². The molecule has 0 radical (unpaired) electrons. The van der Waals surface area contributed by atoms with E-state index in [-0.39, 0.29) is 0 Å². The molecule has 0 amide bonds. The minimum atomic E-state index is -0.471. The average molecular weight is 263 g/mol. The molecule has 1 aromatic carbocycles. The van der Waals surface area contributed by atoms with Crippen LogP contribution in [0, 0.1) is 11.3 Å². The van der Waals surface area contributed by atoms with Crippen LogP contribution in [0.3, 0.4) is 0 Å².